The third kappa shape index (κ3) is 6.47. The van der Waals surface area contributed by atoms with Crippen molar-refractivity contribution in [2.45, 2.75) is 24.9 Å². The summed E-state index contributed by atoms with van der Waals surface area (Å²) in [5.41, 5.74) is 1.57. The van der Waals surface area contributed by atoms with E-state index in [1.54, 1.807) is 73.7 Å². The number of nitrogens with zero attached hydrogens (tertiary/aromatic N) is 2. The predicted molar refractivity (Wildman–Crippen MR) is 170 cm³/mol. The molecule has 44 heavy (non-hydrogen) atoms. The number of furan rings is 1. The second kappa shape index (κ2) is 13.0. The van der Waals surface area contributed by atoms with E-state index in [1.165, 1.54) is 40.6 Å². The molecule has 12 heteroatoms. The number of anilines is 1. The van der Waals surface area contributed by atoms with Crippen LogP contribution in [0.25, 0.3) is 6.08 Å². The normalized spacial score (nSPS) is 14.6. The summed E-state index contributed by atoms with van der Waals surface area (Å²) >= 11 is 18.3. The van der Waals surface area contributed by atoms with Gasteiger partial charge in [0.05, 0.1) is 45.4 Å². The Bertz CT molecular complexity index is 1900. The van der Waals surface area contributed by atoms with Gasteiger partial charge in [0.15, 0.2) is 0 Å². The van der Waals surface area contributed by atoms with Gasteiger partial charge in [-0.2, -0.15) is 4.31 Å². The van der Waals surface area contributed by atoms with Crippen molar-refractivity contribution >= 4 is 68.5 Å². The highest BCUT2D eigenvalue weighted by Crippen LogP contribution is 2.38. The number of carbonyl (C=O) groups excluding carboxylic acids is 2. The zero-order valence-electron chi connectivity index (χ0n) is 23.5. The van der Waals surface area contributed by atoms with Gasteiger partial charge < -0.3 is 9.15 Å². The molecule has 0 radical (unpaired) electrons. The largest absolute Gasteiger partial charge is 0.465 e. The summed E-state index contributed by atoms with van der Waals surface area (Å²) in [7, 11) is -2.71. The van der Waals surface area contributed by atoms with E-state index in [1.807, 2.05) is 0 Å². The van der Waals surface area contributed by atoms with Crippen molar-refractivity contribution in [2.75, 3.05) is 12.0 Å². The number of amides is 1. The minimum atomic E-state index is -3.93. The van der Waals surface area contributed by atoms with Crippen molar-refractivity contribution < 1.29 is 27.2 Å². The molecule has 5 rings (SSSR count). The quantitative estimate of drug-likeness (QED) is 0.135. The van der Waals surface area contributed by atoms with Crippen LogP contribution in [0.5, 0.6) is 0 Å². The van der Waals surface area contributed by atoms with Crippen molar-refractivity contribution in [3.8, 4) is 0 Å². The number of halogens is 3. The smallest absolute Gasteiger partial charge is 0.340 e. The summed E-state index contributed by atoms with van der Waals surface area (Å²) in [6.07, 6.45) is 1.42. The van der Waals surface area contributed by atoms with Gasteiger partial charge in [0.1, 0.15) is 11.5 Å². The van der Waals surface area contributed by atoms with Crippen LogP contribution in [0.3, 0.4) is 0 Å². The fourth-order valence-corrected chi connectivity index (χ4v) is 6.58. The number of methoxy groups -OCH3 is 1. The number of ether oxygens (including phenoxy) is 1. The second-order valence-electron chi connectivity index (χ2n) is 9.77. The number of hydrogen-bond donors (Lipinski definition) is 0. The van der Waals surface area contributed by atoms with Gasteiger partial charge in [-0.1, -0.05) is 65.1 Å². The molecule has 3 aromatic carbocycles. The number of allylic oxidation sites excluding steroid dienone is 1. The van der Waals surface area contributed by atoms with E-state index in [0.29, 0.717) is 27.2 Å². The number of esters is 1. The third-order valence-electron chi connectivity index (χ3n) is 6.91. The molecule has 0 bridgehead atoms. The molecule has 8 nitrogen and oxygen atoms in total. The Balaban J connectivity index is 1.48. The summed E-state index contributed by atoms with van der Waals surface area (Å²) in [5.74, 6) is -0.663. The van der Waals surface area contributed by atoms with E-state index in [0.717, 1.165) is 5.56 Å². The zero-order chi connectivity index (χ0) is 31.6. The predicted octanol–water partition coefficient (Wildman–Crippen LogP) is 7.51. The average Bonchev–Trinajstić information content (AvgIpc) is 3.56. The summed E-state index contributed by atoms with van der Waals surface area (Å²) in [6.45, 7) is 1.56. The lowest BCUT2D eigenvalue weighted by Gasteiger charge is -2.21. The Morgan fingerprint density at radius 2 is 1.64 bits per heavy atom. The van der Waals surface area contributed by atoms with E-state index in [2.05, 4.69) is 0 Å². The van der Waals surface area contributed by atoms with Crippen LogP contribution >= 0.6 is 34.8 Å². The molecular weight excluding hydrogens is 647 g/mol. The number of sulfonamides is 1. The van der Waals surface area contributed by atoms with Crippen molar-refractivity contribution in [1.82, 2.24) is 4.31 Å². The van der Waals surface area contributed by atoms with Gasteiger partial charge in [0.25, 0.3) is 5.91 Å². The molecule has 1 aromatic heterocycles. The molecule has 2 heterocycles. The molecule has 0 aliphatic carbocycles. The average molecular weight is 672 g/mol. The maximum atomic E-state index is 13.7. The fraction of sp³-hybridized carbons (Fsp3) is 0.125. The first-order valence-electron chi connectivity index (χ1n) is 13.2. The molecule has 0 N–H and O–H groups in total. The molecule has 0 saturated carbocycles. The van der Waals surface area contributed by atoms with Crippen LogP contribution in [0, 0.1) is 0 Å². The molecule has 0 spiro atoms. The minimum Gasteiger partial charge on any atom is -0.465 e. The van der Waals surface area contributed by atoms with E-state index in [-0.39, 0.29) is 39.9 Å². The van der Waals surface area contributed by atoms with E-state index in [4.69, 9.17) is 44.0 Å². The van der Waals surface area contributed by atoms with Gasteiger partial charge in [-0.05, 0) is 73.2 Å². The van der Waals surface area contributed by atoms with Crippen LogP contribution in [0.4, 0.5) is 5.69 Å². The van der Waals surface area contributed by atoms with E-state index >= 15 is 0 Å². The second-order valence-corrected chi connectivity index (χ2v) is 13.0. The molecule has 1 aliphatic rings. The first-order valence-corrected chi connectivity index (χ1v) is 15.8. The van der Waals surface area contributed by atoms with Crippen LogP contribution in [0.15, 0.2) is 111 Å². The lowest BCUT2D eigenvalue weighted by molar-refractivity contribution is -0.136. The molecule has 0 atom stereocenters. The Kier molecular flexibility index (Phi) is 9.34. The van der Waals surface area contributed by atoms with Gasteiger partial charge in [0.2, 0.25) is 10.0 Å². The fourth-order valence-electron chi connectivity index (χ4n) is 4.75. The van der Waals surface area contributed by atoms with Crippen molar-refractivity contribution in [3.63, 3.8) is 0 Å². The van der Waals surface area contributed by atoms with Crippen molar-refractivity contribution in [1.29, 1.82) is 0 Å². The minimum absolute atomic E-state index is 0.0382. The van der Waals surface area contributed by atoms with Gasteiger partial charge in [-0.15, -0.1) is 0 Å². The van der Waals surface area contributed by atoms with E-state index in [9.17, 15) is 18.0 Å². The molecule has 1 aliphatic heterocycles. The molecule has 0 saturated heterocycles. The molecular formula is C32H25Cl3N2O6S. The maximum absolute atomic E-state index is 13.7. The first kappa shape index (κ1) is 31.6. The third-order valence-corrected chi connectivity index (χ3v) is 9.70. The standard InChI is InChI=1S/C32H25Cl3N2O6S/c1-20-30(32(39)42-2)27(31(38)37(20)23-12-15-28(34)29(35)16-23)17-24-13-14-25(43-24)19-36(18-21-8-10-22(33)11-9-21)44(40,41)26-6-4-3-5-7-26/h3-17H,18-19H2,1-2H3/b27-17+. The lowest BCUT2D eigenvalue weighted by atomic mass is 10.1. The molecule has 0 unspecified atom stereocenters. The molecule has 0 fully saturated rings. The highest BCUT2D eigenvalue weighted by Gasteiger charge is 2.38. The van der Waals surface area contributed by atoms with Crippen LogP contribution < -0.4 is 4.90 Å². The van der Waals surface area contributed by atoms with Gasteiger partial charge in [0, 0.05) is 17.3 Å². The molecule has 226 valence electrons. The highest BCUT2D eigenvalue weighted by atomic mass is 35.5. The van der Waals surface area contributed by atoms with Crippen molar-refractivity contribution in [3.05, 3.63) is 134 Å². The monoisotopic (exact) mass is 670 g/mol. The lowest BCUT2D eigenvalue weighted by Crippen LogP contribution is -2.30. The maximum Gasteiger partial charge on any atom is 0.340 e. The highest BCUT2D eigenvalue weighted by molar-refractivity contribution is 7.89. The number of carbonyl (C=O) groups is 2. The van der Waals surface area contributed by atoms with Crippen LogP contribution in [-0.4, -0.2) is 31.7 Å². The zero-order valence-corrected chi connectivity index (χ0v) is 26.5. The summed E-state index contributed by atoms with van der Waals surface area (Å²) in [5, 5.41) is 1.09. The number of benzene rings is 3. The first-order chi connectivity index (χ1) is 21.0. The topological polar surface area (TPSA) is 97.1 Å². The molecule has 1 amide bonds. The summed E-state index contributed by atoms with van der Waals surface area (Å²) in [4.78, 5) is 27.9. The van der Waals surface area contributed by atoms with Crippen LogP contribution in [0.1, 0.15) is 24.0 Å². The Hall–Kier alpha value is -3.86. The molecule has 4 aromatic rings. The van der Waals surface area contributed by atoms with Gasteiger partial charge >= 0.3 is 5.97 Å². The SMILES string of the molecule is COC(=O)C1=C(C)N(c2ccc(Cl)c(Cl)c2)C(=O)/C1=C/c1ccc(CN(Cc2ccc(Cl)cc2)S(=O)(=O)c2ccccc2)o1. The van der Waals surface area contributed by atoms with Gasteiger partial charge in [-0.3, -0.25) is 9.69 Å². The Labute approximate surface area is 269 Å². The Morgan fingerprint density at radius 1 is 0.932 bits per heavy atom. The van der Waals surface area contributed by atoms with Gasteiger partial charge in [-0.25, -0.2) is 13.2 Å². The summed E-state index contributed by atoms with van der Waals surface area (Å²) in [6, 6.07) is 22.9. The van der Waals surface area contributed by atoms with Crippen LogP contribution in [-0.2, 0) is 37.4 Å². The summed E-state index contributed by atoms with van der Waals surface area (Å²) < 4.78 is 39.6. The van der Waals surface area contributed by atoms with Crippen LogP contribution in [0.2, 0.25) is 15.1 Å². The number of rotatable bonds is 9. The Morgan fingerprint density at radius 3 is 2.30 bits per heavy atom. The van der Waals surface area contributed by atoms with Crippen molar-refractivity contribution in [2.24, 2.45) is 0 Å². The van der Waals surface area contributed by atoms with E-state index < -0.39 is 21.9 Å². The number of hydrogen-bond acceptors (Lipinski definition) is 6.